The quantitative estimate of drug-likeness (QED) is 0.655. The minimum absolute atomic E-state index is 0.0398. The fourth-order valence-electron chi connectivity index (χ4n) is 2.00. The predicted octanol–water partition coefficient (Wildman–Crippen LogP) is 1.87. The fraction of sp³-hybridized carbons (Fsp3) is 0.0714. The van der Waals surface area contributed by atoms with Gasteiger partial charge >= 0.3 is 115 Å². The first-order valence-corrected chi connectivity index (χ1v) is 7.41. The average Bonchev–Trinajstić information content (AvgIpc) is 2.96. The molecule has 0 unspecified atom stereocenters. The number of nitrogens with one attached hydrogen (secondary N) is 1. The molecular formula is C14H10FNO2Se. The summed E-state index contributed by atoms with van der Waals surface area (Å²) < 4.78 is 15.2. The van der Waals surface area contributed by atoms with Crippen LogP contribution in [0.1, 0.15) is 14.4 Å². The van der Waals surface area contributed by atoms with Crippen molar-refractivity contribution >= 4 is 37.7 Å². The Morgan fingerprint density at radius 1 is 1.32 bits per heavy atom. The van der Waals surface area contributed by atoms with E-state index in [-0.39, 0.29) is 32.8 Å². The molecule has 2 heterocycles. The van der Waals surface area contributed by atoms with E-state index in [0.717, 1.165) is 8.87 Å². The maximum atomic E-state index is 13.3. The fourth-order valence-corrected chi connectivity index (χ4v) is 3.72. The summed E-state index contributed by atoms with van der Waals surface area (Å²) in [7, 11) is 0. The number of aliphatic hydroxyl groups excluding tert-OH is 1. The zero-order valence-electron chi connectivity index (χ0n) is 9.81. The molecule has 1 aliphatic heterocycles. The van der Waals surface area contributed by atoms with E-state index in [4.69, 9.17) is 5.11 Å². The van der Waals surface area contributed by atoms with Crippen LogP contribution in [0.25, 0.3) is 11.6 Å². The van der Waals surface area contributed by atoms with Gasteiger partial charge in [0.15, 0.2) is 0 Å². The van der Waals surface area contributed by atoms with Crippen LogP contribution in [-0.4, -0.2) is 25.5 Å². The minimum atomic E-state index is -0.360. The molecule has 19 heavy (non-hydrogen) atoms. The molecule has 1 aromatic heterocycles. The molecule has 1 amide bonds. The van der Waals surface area contributed by atoms with Gasteiger partial charge in [0, 0.05) is 0 Å². The first-order valence-electron chi connectivity index (χ1n) is 5.70. The second-order valence-corrected chi connectivity index (χ2v) is 6.68. The summed E-state index contributed by atoms with van der Waals surface area (Å²) in [6.07, 6.45) is 1.78. The topological polar surface area (TPSA) is 49.3 Å². The molecule has 0 spiro atoms. The first-order chi connectivity index (χ1) is 9.17. The third-order valence-corrected chi connectivity index (χ3v) is 5.02. The maximum absolute atomic E-state index is 13.3. The van der Waals surface area contributed by atoms with Crippen molar-refractivity contribution in [3.05, 3.63) is 50.6 Å². The second-order valence-electron chi connectivity index (χ2n) is 4.16. The zero-order chi connectivity index (χ0) is 13.4. The van der Waals surface area contributed by atoms with E-state index in [1.54, 1.807) is 12.1 Å². The predicted molar refractivity (Wildman–Crippen MR) is 72.2 cm³/mol. The van der Waals surface area contributed by atoms with Crippen molar-refractivity contribution in [3.63, 3.8) is 0 Å². The molecular weight excluding hydrogens is 312 g/mol. The molecule has 3 rings (SSSR count). The number of aliphatic hydroxyl groups is 1. The third kappa shape index (κ3) is 2.28. The van der Waals surface area contributed by atoms with Crippen molar-refractivity contribution in [2.45, 2.75) is 6.61 Å². The van der Waals surface area contributed by atoms with Crippen molar-refractivity contribution in [2.24, 2.45) is 0 Å². The molecule has 96 valence electrons. The van der Waals surface area contributed by atoms with Crippen LogP contribution in [0.3, 0.4) is 0 Å². The van der Waals surface area contributed by atoms with Crippen LogP contribution in [-0.2, 0) is 11.4 Å². The van der Waals surface area contributed by atoms with E-state index in [9.17, 15) is 9.18 Å². The van der Waals surface area contributed by atoms with Gasteiger partial charge in [-0.2, -0.15) is 0 Å². The summed E-state index contributed by atoms with van der Waals surface area (Å²) >= 11 is 0.0398. The molecule has 0 fully saturated rings. The molecule has 0 atom stereocenters. The molecule has 1 aliphatic rings. The summed E-state index contributed by atoms with van der Waals surface area (Å²) in [5, 5.41) is 11.8. The van der Waals surface area contributed by atoms with Gasteiger partial charge in [0.1, 0.15) is 0 Å². The SMILES string of the molecule is O=C1Nc2ccc(F)cc2/C1=C/c1ccc(CO)[se]1. The standard InChI is InChI=1S/C14H10FNO2Se/c15-8-1-4-13-11(5-8)12(14(18)16-13)6-9-2-3-10(7-17)19-9/h1-6,17H,7H2,(H,16,18)/b12-6-. The van der Waals surface area contributed by atoms with Crippen LogP contribution < -0.4 is 5.32 Å². The molecule has 0 radical (unpaired) electrons. The van der Waals surface area contributed by atoms with E-state index in [0.29, 0.717) is 16.8 Å². The monoisotopic (exact) mass is 323 g/mol. The van der Waals surface area contributed by atoms with E-state index in [1.807, 2.05) is 12.1 Å². The van der Waals surface area contributed by atoms with Gasteiger partial charge in [0.25, 0.3) is 0 Å². The summed E-state index contributed by atoms with van der Waals surface area (Å²) in [5.41, 5.74) is 1.72. The van der Waals surface area contributed by atoms with Gasteiger partial charge in [-0.25, -0.2) is 0 Å². The van der Waals surface area contributed by atoms with Gasteiger partial charge in [-0.15, -0.1) is 0 Å². The molecule has 5 heteroatoms. The average molecular weight is 322 g/mol. The van der Waals surface area contributed by atoms with Crippen LogP contribution in [0.15, 0.2) is 30.3 Å². The normalized spacial score (nSPS) is 15.7. The van der Waals surface area contributed by atoms with Crippen LogP contribution >= 0.6 is 0 Å². The van der Waals surface area contributed by atoms with E-state index in [1.165, 1.54) is 12.1 Å². The van der Waals surface area contributed by atoms with E-state index in [2.05, 4.69) is 5.32 Å². The van der Waals surface area contributed by atoms with Crippen LogP contribution in [0, 0.1) is 5.82 Å². The zero-order valence-corrected chi connectivity index (χ0v) is 11.5. The van der Waals surface area contributed by atoms with Crippen molar-refractivity contribution in [1.29, 1.82) is 0 Å². The number of halogens is 1. The van der Waals surface area contributed by atoms with E-state index >= 15 is 0 Å². The van der Waals surface area contributed by atoms with Gasteiger partial charge in [-0.3, -0.25) is 0 Å². The number of hydrogen-bond acceptors (Lipinski definition) is 2. The molecule has 2 N–H and O–H groups in total. The van der Waals surface area contributed by atoms with Gasteiger partial charge in [0.05, 0.1) is 0 Å². The van der Waals surface area contributed by atoms with Gasteiger partial charge in [0.2, 0.25) is 0 Å². The van der Waals surface area contributed by atoms with Gasteiger partial charge in [-0.1, -0.05) is 0 Å². The van der Waals surface area contributed by atoms with Gasteiger partial charge < -0.3 is 0 Å². The molecule has 2 aromatic rings. The Morgan fingerprint density at radius 3 is 2.89 bits per heavy atom. The van der Waals surface area contributed by atoms with E-state index < -0.39 is 0 Å². The number of carbonyl (C=O) groups is 1. The van der Waals surface area contributed by atoms with Crippen LogP contribution in [0.5, 0.6) is 0 Å². The summed E-state index contributed by atoms with van der Waals surface area (Å²) in [4.78, 5) is 11.9. The summed E-state index contributed by atoms with van der Waals surface area (Å²) in [6, 6.07) is 8.01. The Morgan fingerprint density at radius 2 is 2.16 bits per heavy atom. The number of rotatable bonds is 2. The third-order valence-electron chi connectivity index (χ3n) is 2.89. The summed E-state index contributed by atoms with van der Waals surface area (Å²) in [6.45, 7) is 0.0422. The van der Waals surface area contributed by atoms with Crippen molar-refractivity contribution in [3.8, 4) is 0 Å². The Balaban J connectivity index is 2.06. The Labute approximate surface area is 115 Å². The number of anilines is 1. The second kappa shape index (κ2) is 4.78. The van der Waals surface area contributed by atoms with Crippen molar-refractivity contribution in [1.82, 2.24) is 0 Å². The number of benzene rings is 1. The number of amides is 1. The van der Waals surface area contributed by atoms with Gasteiger partial charge in [-0.05, 0) is 0 Å². The Bertz CT molecular complexity index is 691. The molecule has 1 aromatic carbocycles. The Kier molecular flexibility index (Phi) is 3.11. The van der Waals surface area contributed by atoms with Crippen LogP contribution in [0.2, 0.25) is 0 Å². The number of carbonyl (C=O) groups excluding carboxylic acids is 1. The molecule has 0 bridgehead atoms. The Hall–Kier alpha value is -1.68. The van der Waals surface area contributed by atoms with Crippen molar-refractivity contribution < 1.29 is 14.3 Å². The molecule has 0 saturated carbocycles. The number of fused-ring (bicyclic) bond motifs is 1. The first kappa shape index (κ1) is 12.4. The van der Waals surface area contributed by atoms with Crippen molar-refractivity contribution in [2.75, 3.05) is 5.32 Å². The summed E-state index contributed by atoms with van der Waals surface area (Å²) in [5.74, 6) is -0.573. The molecule has 3 nitrogen and oxygen atoms in total. The van der Waals surface area contributed by atoms with Crippen LogP contribution in [0.4, 0.5) is 10.1 Å². The molecule has 0 aliphatic carbocycles. The number of hydrogen-bond donors (Lipinski definition) is 2. The molecule has 0 saturated heterocycles.